The van der Waals surface area contributed by atoms with Crippen molar-refractivity contribution in [2.24, 2.45) is 0 Å². The van der Waals surface area contributed by atoms with Crippen molar-refractivity contribution < 1.29 is 22.7 Å². The fourth-order valence-electron chi connectivity index (χ4n) is 3.05. The van der Waals surface area contributed by atoms with Gasteiger partial charge >= 0.3 is 0 Å². The second-order valence-electron chi connectivity index (χ2n) is 6.64. The molecule has 152 valence electrons. The van der Waals surface area contributed by atoms with Crippen molar-refractivity contribution in [3.8, 4) is 11.5 Å². The van der Waals surface area contributed by atoms with E-state index < -0.39 is 22.0 Å². The van der Waals surface area contributed by atoms with Crippen LogP contribution in [0.3, 0.4) is 0 Å². The predicted octanol–water partition coefficient (Wildman–Crippen LogP) is 3.11. The first kappa shape index (κ1) is 21.6. The highest BCUT2D eigenvalue weighted by Gasteiger charge is 2.29. The molecule has 0 spiro atoms. The van der Waals surface area contributed by atoms with Gasteiger partial charge in [0.15, 0.2) is 11.5 Å². The van der Waals surface area contributed by atoms with Crippen LogP contribution in [-0.4, -0.2) is 40.8 Å². The van der Waals surface area contributed by atoms with Crippen LogP contribution in [0.2, 0.25) is 0 Å². The quantitative estimate of drug-likeness (QED) is 0.764. The van der Waals surface area contributed by atoms with Gasteiger partial charge in [-0.1, -0.05) is 6.07 Å². The predicted molar refractivity (Wildman–Crippen MR) is 111 cm³/mol. The number of ether oxygens (including phenoxy) is 2. The largest absolute Gasteiger partial charge is 0.493 e. The van der Waals surface area contributed by atoms with E-state index in [2.05, 4.69) is 5.32 Å². The summed E-state index contributed by atoms with van der Waals surface area (Å²) in [6.45, 7) is 5.31. The van der Waals surface area contributed by atoms with Crippen molar-refractivity contribution in [3.63, 3.8) is 0 Å². The third-order valence-corrected chi connectivity index (χ3v) is 5.44. The smallest absolute Gasteiger partial charge is 0.247 e. The highest BCUT2D eigenvalue weighted by atomic mass is 32.2. The minimum absolute atomic E-state index is 0.454. The molecule has 0 aliphatic heterocycles. The van der Waals surface area contributed by atoms with Gasteiger partial charge in [0.05, 0.1) is 26.2 Å². The first-order chi connectivity index (χ1) is 13.1. The molecule has 2 aromatic carbocycles. The molecule has 1 N–H and O–H groups in total. The van der Waals surface area contributed by atoms with Gasteiger partial charge in [-0.2, -0.15) is 0 Å². The average molecular weight is 407 g/mol. The summed E-state index contributed by atoms with van der Waals surface area (Å²) in [4.78, 5) is 12.8. The third-order valence-electron chi connectivity index (χ3n) is 4.20. The first-order valence-corrected chi connectivity index (χ1v) is 10.5. The summed E-state index contributed by atoms with van der Waals surface area (Å²) >= 11 is 0. The molecule has 0 heterocycles. The van der Waals surface area contributed by atoms with Crippen molar-refractivity contribution in [2.75, 3.05) is 30.1 Å². The SMILES string of the molecule is COc1ccc(NC(=O)[C@@H](C)N(c2cc(C)cc(C)c2)S(C)(=O)=O)cc1OC. The number of aryl methyl sites for hydroxylation is 2. The van der Waals surface area contributed by atoms with Crippen LogP contribution in [0, 0.1) is 13.8 Å². The minimum atomic E-state index is -3.68. The van der Waals surface area contributed by atoms with Crippen LogP contribution in [0.5, 0.6) is 11.5 Å². The molecule has 1 atom stereocenters. The van der Waals surface area contributed by atoms with Gasteiger partial charge in [-0.15, -0.1) is 0 Å². The summed E-state index contributed by atoms with van der Waals surface area (Å²) < 4.78 is 36.4. The Balaban J connectivity index is 2.34. The number of hydrogen-bond acceptors (Lipinski definition) is 5. The lowest BCUT2D eigenvalue weighted by atomic mass is 10.1. The maximum atomic E-state index is 12.8. The molecular formula is C20H26N2O5S. The zero-order chi connectivity index (χ0) is 21.1. The number of sulfonamides is 1. The molecule has 0 saturated carbocycles. The van der Waals surface area contributed by atoms with Crippen molar-refractivity contribution in [2.45, 2.75) is 26.8 Å². The summed E-state index contributed by atoms with van der Waals surface area (Å²) in [5.41, 5.74) is 2.76. The molecule has 0 unspecified atom stereocenters. The van der Waals surface area contributed by atoms with E-state index in [-0.39, 0.29) is 0 Å². The fraction of sp³-hybridized carbons (Fsp3) is 0.350. The summed E-state index contributed by atoms with van der Waals surface area (Å²) in [6, 6.07) is 9.42. The van der Waals surface area contributed by atoms with Gasteiger partial charge in [-0.05, 0) is 56.2 Å². The summed E-state index contributed by atoms with van der Waals surface area (Å²) in [7, 11) is -0.666. The Labute approximate surface area is 166 Å². The molecule has 0 aliphatic carbocycles. The highest BCUT2D eigenvalue weighted by molar-refractivity contribution is 7.92. The number of carbonyl (C=O) groups is 1. The molecule has 8 heteroatoms. The van der Waals surface area contributed by atoms with E-state index in [4.69, 9.17) is 9.47 Å². The van der Waals surface area contributed by atoms with Crippen LogP contribution in [-0.2, 0) is 14.8 Å². The number of hydrogen-bond donors (Lipinski definition) is 1. The Hall–Kier alpha value is -2.74. The number of methoxy groups -OCH3 is 2. The van der Waals surface area contributed by atoms with E-state index in [1.807, 2.05) is 19.9 Å². The number of nitrogens with zero attached hydrogens (tertiary/aromatic N) is 1. The van der Waals surface area contributed by atoms with E-state index in [1.54, 1.807) is 37.3 Å². The summed E-state index contributed by atoms with van der Waals surface area (Å²) in [6.07, 6.45) is 1.09. The molecule has 28 heavy (non-hydrogen) atoms. The number of carbonyl (C=O) groups excluding carboxylic acids is 1. The van der Waals surface area contributed by atoms with E-state index in [1.165, 1.54) is 14.2 Å². The van der Waals surface area contributed by atoms with Crippen molar-refractivity contribution in [3.05, 3.63) is 47.5 Å². The Morgan fingerprint density at radius 2 is 1.57 bits per heavy atom. The second-order valence-corrected chi connectivity index (χ2v) is 8.50. The van der Waals surface area contributed by atoms with Crippen molar-refractivity contribution >= 4 is 27.3 Å². The van der Waals surface area contributed by atoms with Gasteiger partial charge in [0, 0.05) is 11.8 Å². The van der Waals surface area contributed by atoms with Gasteiger partial charge < -0.3 is 14.8 Å². The Bertz CT molecular complexity index is 952. The number of rotatable bonds is 7. The monoisotopic (exact) mass is 406 g/mol. The zero-order valence-corrected chi connectivity index (χ0v) is 17.8. The lowest BCUT2D eigenvalue weighted by molar-refractivity contribution is -0.116. The van der Waals surface area contributed by atoms with E-state index in [9.17, 15) is 13.2 Å². The molecule has 0 radical (unpaired) electrons. The van der Waals surface area contributed by atoms with E-state index in [0.717, 1.165) is 21.7 Å². The molecule has 0 aromatic heterocycles. The van der Waals surface area contributed by atoms with Gasteiger partial charge in [-0.25, -0.2) is 8.42 Å². The maximum absolute atomic E-state index is 12.8. The minimum Gasteiger partial charge on any atom is -0.493 e. The number of anilines is 2. The van der Waals surface area contributed by atoms with Crippen LogP contribution in [0.25, 0.3) is 0 Å². The Morgan fingerprint density at radius 1 is 1.00 bits per heavy atom. The van der Waals surface area contributed by atoms with Gasteiger partial charge in [0.1, 0.15) is 6.04 Å². The van der Waals surface area contributed by atoms with Crippen molar-refractivity contribution in [1.29, 1.82) is 0 Å². The molecule has 2 rings (SSSR count). The molecule has 0 aliphatic rings. The molecule has 0 saturated heterocycles. The molecular weight excluding hydrogens is 380 g/mol. The standard InChI is InChI=1S/C20H26N2O5S/c1-13-9-14(2)11-17(10-13)22(28(6,24)25)15(3)20(23)21-16-7-8-18(26-4)19(12-16)27-5/h7-12,15H,1-6H3,(H,21,23)/t15-/m1/s1. The van der Waals surface area contributed by atoms with Crippen molar-refractivity contribution in [1.82, 2.24) is 0 Å². The third kappa shape index (κ3) is 4.95. The average Bonchev–Trinajstić information content (AvgIpc) is 2.59. The van der Waals surface area contributed by atoms with E-state index in [0.29, 0.717) is 22.9 Å². The van der Waals surface area contributed by atoms with Crippen LogP contribution in [0.15, 0.2) is 36.4 Å². The molecule has 1 amide bonds. The van der Waals surface area contributed by atoms with Gasteiger partial charge in [0.25, 0.3) is 0 Å². The first-order valence-electron chi connectivity index (χ1n) is 8.67. The van der Waals surface area contributed by atoms with Crippen LogP contribution >= 0.6 is 0 Å². The zero-order valence-electron chi connectivity index (χ0n) is 16.9. The number of amides is 1. The number of nitrogens with one attached hydrogen (secondary N) is 1. The van der Waals surface area contributed by atoms with Crippen LogP contribution in [0.1, 0.15) is 18.1 Å². The molecule has 0 fully saturated rings. The topological polar surface area (TPSA) is 84.9 Å². The normalized spacial score (nSPS) is 12.2. The van der Waals surface area contributed by atoms with Gasteiger partial charge in [-0.3, -0.25) is 9.10 Å². The highest BCUT2D eigenvalue weighted by Crippen LogP contribution is 2.30. The van der Waals surface area contributed by atoms with Crippen LogP contribution in [0.4, 0.5) is 11.4 Å². The lowest BCUT2D eigenvalue weighted by Gasteiger charge is -2.29. The molecule has 2 aromatic rings. The molecule has 0 bridgehead atoms. The second kappa shape index (κ2) is 8.52. The van der Waals surface area contributed by atoms with Gasteiger partial charge in [0.2, 0.25) is 15.9 Å². The Kier molecular flexibility index (Phi) is 6.56. The fourth-order valence-corrected chi connectivity index (χ4v) is 4.21. The Morgan fingerprint density at radius 3 is 2.07 bits per heavy atom. The molecule has 7 nitrogen and oxygen atoms in total. The lowest BCUT2D eigenvalue weighted by Crippen LogP contribution is -2.45. The summed E-state index contributed by atoms with van der Waals surface area (Å²) in [5, 5.41) is 2.74. The number of benzene rings is 2. The summed E-state index contributed by atoms with van der Waals surface area (Å²) in [5.74, 6) is 0.528. The van der Waals surface area contributed by atoms with E-state index >= 15 is 0 Å². The van der Waals surface area contributed by atoms with Crippen LogP contribution < -0.4 is 19.1 Å². The maximum Gasteiger partial charge on any atom is 0.247 e.